The number of aliphatic imine (C=N–C) groups is 1. The van der Waals surface area contributed by atoms with E-state index in [1.54, 1.807) is 0 Å². The third-order valence-electron chi connectivity index (χ3n) is 17.4. The number of rotatable bonds is 43. The number of fused-ring (bicyclic) bond motifs is 3. The first-order chi connectivity index (χ1) is 41.1. The Morgan fingerprint density at radius 2 is 1.17 bits per heavy atom. The summed E-state index contributed by atoms with van der Waals surface area (Å²) in [6.07, 6.45) is -3.92. The van der Waals surface area contributed by atoms with Crippen molar-refractivity contribution in [3.05, 3.63) is 0 Å². The standard InChI is InChI=1S/C59H108N2O24S.Na/c1-5-7-9-11-13-15-17-19-21-23-25-27-29-38(30-28-26-24-22-20-18-16-14-12-10-8-6-2)34-77-55-44(60-37(4)64)53(83-56-49(71)48(70)45(67)36(3)79-56)51(42(81-55)35-78-86(74,75)76)82-57-50(72)54(47(69)41(33-63)80-57)85-59-31-39(65)43(61-58(59)73)52(84-59)46(68)40(66)32-62;/h36,38-57,62-63,65-72H,5-35H2,1-4H3,(H,60,64)(H,61,73)(H,74,75,76);/q;+1/p-1/t36-,39-,40-,41+,42+,43+,44+,45+,46+,47-,48+,49-,50+,51-,52+,53+,54-,55+,56-,57-,59+;/m0./s1. The Kier molecular flexibility index (Phi) is 36.4. The third kappa shape index (κ3) is 24.4. The molecule has 0 aliphatic carbocycles. The normalized spacial score (nSPS) is 34.7. The van der Waals surface area contributed by atoms with E-state index in [0.717, 1.165) is 71.1 Å². The summed E-state index contributed by atoms with van der Waals surface area (Å²) in [5.74, 6) is -4.53. The van der Waals surface area contributed by atoms with Crippen LogP contribution in [-0.4, -0.2) is 231 Å². The molecule has 28 heteroatoms. The first-order valence-electron chi connectivity index (χ1n) is 32.1. The topological polar surface area (TPSA) is 404 Å². The quantitative estimate of drug-likeness (QED) is 0.0114. The van der Waals surface area contributed by atoms with Gasteiger partial charge in [0.25, 0.3) is 11.7 Å². The predicted octanol–water partition coefficient (Wildman–Crippen LogP) is -1.02. The molecule has 6 rings (SSSR count). The Morgan fingerprint density at radius 3 is 1.67 bits per heavy atom. The molecule has 6 heterocycles. The van der Waals surface area contributed by atoms with Gasteiger partial charge >= 0.3 is 40.0 Å². The molecule has 6 aliphatic heterocycles. The minimum absolute atomic E-state index is 0. The van der Waals surface area contributed by atoms with Gasteiger partial charge < -0.3 is 99.4 Å². The van der Waals surface area contributed by atoms with E-state index in [-0.39, 0.29) is 42.1 Å². The van der Waals surface area contributed by atoms with Crippen molar-refractivity contribution in [1.29, 1.82) is 0 Å². The molecular formula is C59H107N2NaO24S. The molecule has 0 radical (unpaired) electrons. The zero-order valence-corrected chi connectivity index (χ0v) is 54.9. The summed E-state index contributed by atoms with van der Waals surface area (Å²) in [7, 11) is -5.28. The first kappa shape index (κ1) is 78.5. The second-order valence-electron chi connectivity index (χ2n) is 24.5. The van der Waals surface area contributed by atoms with Gasteiger partial charge in [0.2, 0.25) is 0 Å². The van der Waals surface area contributed by atoms with Crippen molar-refractivity contribution < 1.29 is 146 Å². The van der Waals surface area contributed by atoms with Crippen LogP contribution in [0, 0.1) is 5.92 Å². The molecular weight excluding hydrogens is 1180 g/mol. The van der Waals surface area contributed by atoms with Crippen LogP contribution < -0.4 is 40.0 Å². The van der Waals surface area contributed by atoms with Crippen LogP contribution in [-0.2, 0) is 57.3 Å². The van der Waals surface area contributed by atoms with Crippen molar-refractivity contribution in [2.45, 2.75) is 329 Å². The molecule has 21 atom stereocenters. The average Bonchev–Trinajstić information content (AvgIpc) is 0.939. The van der Waals surface area contributed by atoms with Crippen LogP contribution in [0.3, 0.4) is 0 Å². The van der Waals surface area contributed by atoms with Gasteiger partial charge in [0.1, 0.15) is 85.4 Å². The van der Waals surface area contributed by atoms with E-state index in [9.17, 15) is 73.9 Å². The van der Waals surface area contributed by atoms with Crippen LogP contribution in [0.2, 0.25) is 0 Å². The second kappa shape index (κ2) is 40.4. The number of nitrogens with one attached hydrogen (secondary N) is 1. The maximum absolute atomic E-state index is 13.7. The number of hydrogen-bond donors (Lipinski definition) is 12. The van der Waals surface area contributed by atoms with Gasteiger partial charge in [0.15, 0.2) is 18.9 Å². The number of amides is 1. The van der Waals surface area contributed by atoms with E-state index < -0.39 is 177 Å². The number of nitrogens with zero attached hydrogens (tertiary/aromatic N) is 1. The zero-order chi connectivity index (χ0) is 63.0. The monoisotopic (exact) mass is 1280 g/mol. The van der Waals surface area contributed by atoms with Crippen LogP contribution in [0.1, 0.15) is 201 Å². The van der Waals surface area contributed by atoms with Crippen molar-refractivity contribution in [3.8, 4) is 0 Å². The van der Waals surface area contributed by atoms with Gasteiger partial charge in [-0.3, -0.25) is 14.3 Å². The van der Waals surface area contributed by atoms with E-state index in [1.807, 2.05) is 0 Å². The van der Waals surface area contributed by atoms with Crippen LogP contribution >= 0.6 is 0 Å². The van der Waals surface area contributed by atoms with Crippen LogP contribution in [0.5, 0.6) is 0 Å². The maximum Gasteiger partial charge on any atom is 1.00 e. The summed E-state index contributed by atoms with van der Waals surface area (Å²) in [5.41, 5.74) is 0. The van der Waals surface area contributed by atoms with E-state index in [0.29, 0.717) is 0 Å². The van der Waals surface area contributed by atoms with E-state index >= 15 is 0 Å². The summed E-state index contributed by atoms with van der Waals surface area (Å²) < 4.78 is 89.0. The number of hydrogen-bond acceptors (Lipinski definition) is 24. The fourth-order valence-corrected chi connectivity index (χ4v) is 12.6. The number of unbranched alkanes of at least 4 members (excludes halogenated alkanes) is 22. The van der Waals surface area contributed by atoms with Gasteiger partial charge in [-0.05, 0) is 38.5 Å². The Hall–Kier alpha value is -0.910. The number of morpholine rings is 1. The fraction of sp³-hybridized carbons (Fsp3) is 0.966. The molecule has 0 aromatic carbocycles. The predicted molar refractivity (Wildman–Crippen MR) is 308 cm³/mol. The summed E-state index contributed by atoms with van der Waals surface area (Å²) in [4.78, 5) is 18.0. The van der Waals surface area contributed by atoms with Crippen LogP contribution in [0.15, 0.2) is 4.99 Å². The minimum atomic E-state index is -5.28. The number of piperidine rings is 1. The van der Waals surface area contributed by atoms with Gasteiger partial charge in [-0.1, -0.05) is 168 Å². The third-order valence-corrected chi connectivity index (χ3v) is 17.9. The first-order valence-corrected chi connectivity index (χ1v) is 33.5. The second-order valence-corrected chi connectivity index (χ2v) is 25.6. The Morgan fingerprint density at radius 1 is 0.678 bits per heavy atom. The van der Waals surface area contributed by atoms with E-state index in [4.69, 9.17) is 42.1 Å². The SMILES string of the molecule is CCCCCCCCCCCCCCC(CCCCCCCCCCCCCC)CO[C@@H]1O[C@H](COS(=O)(=O)O)[C@H](O[C@@H]2O[C@H](CO)[C@H](O)[C@H](O[C@]34C[C@H](O)[C@@H](NC3=O)[C@H]([C@H](O)[C@@H](O)CO)O4)[C@H]2O)[C@H](O[C@@H]2O[C@@H](C)[C@@H](O)[C@@H](O)[C@@H]2O)[C@H]1N=C(C)[O-].[Na+]. The summed E-state index contributed by atoms with van der Waals surface area (Å²) in [5, 5.41) is 125. The van der Waals surface area contributed by atoms with Gasteiger partial charge in [-0.25, -0.2) is 4.18 Å². The molecule has 87 heavy (non-hydrogen) atoms. The molecule has 6 saturated heterocycles. The zero-order valence-electron chi connectivity index (χ0n) is 52.1. The fourth-order valence-electron chi connectivity index (χ4n) is 12.3. The van der Waals surface area contributed by atoms with Crippen molar-refractivity contribution in [3.63, 3.8) is 0 Å². The van der Waals surface area contributed by atoms with Gasteiger partial charge in [-0.2, -0.15) is 8.42 Å². The summed E-state index contributed by atoms with van der Waals surface area (Å²) in [6.45, 7) is 3.89. The number of aliphatic hydroxyl groups excluding tert-OH is 10. The van der Waals surface area contributed by atoms with E-state index in [1.165, 1.54) is 110 Å². The molecule has 0 saturated carbocycles. The minimum Gasteiger partial charge on any atom is -0.862 e. The van der Waals surface area contributed by atoms with E-state index in [2.05, 4.69) is 24.2 Å². The van der Waals surface area contributed by atoms with Crippen molar-refractivity contribution in [1.82, 2.24) is 5.32 Å². The Bertz CT molecular complexity index is 2010. The molecule has 12 N–H and O–H groups in total. The molecule has 0 aromatic rings. The molecule has 0 unspecified atom stereocenters. The number of carbonyl (C=O) groups is 1. The average molecular weight is 1280 g/mol. The smallest absolute Gasteiger partial charge is 0.862 e. The number of ether oxygens (including phenoxy) is 8. The molecule has 26 nitrogen and oxygen atoms in total. The maximum atomic E-state index is 13.7. The summed E-state index contributed by atoms with van der Waals surface area (Å²) in [6, 6.07) is -2.95. The molecule has 6 fully saturated rings. The molecule has 2 bridgehead atoms. The van der Waals surface area contributed by atoms with Gasteiger partial charge in [-0.15, -0.1) is 0 Å². The molecule has 0 spiro atoms. The Balaban J connectivity index is 0.0000162. The molecule has 6 aliphatic rings. The Labute approximate surface area is 536 Å². The molecule has 0 aromatic heterocycles. The van der Waals surface area contributed by atoms with Crippen LogP contribution in [0.4, 0.5) is 0 Å². The van der Waals surface area contributed by atoms with Gasteiger partial charge in [0.05, 0.1) is 44.7 Å². The van der Waals surface area contributed by atoms with Crippen molar-refractivity contribution in [2.24, 2.45) is 10.9 Å². The number of aliphatic hydroxyl groups is 10. The largest absolute Gasteiger partial charge is 1.00 e. The molecule has 504 valence electrons. The van der Waals surface area contributed by atoms with Gasteiger partial charge in [0, 0.05) is 6.42 Å². The summed E-state index contributed by atoms with van der Waals surface area (Å²) >= 11 is 0. The number of carbonyl (C=O) groups excluding carboxylic acids is 1. The van der Waals surface area contributed by atoms with Crippen LogP contribution in [0.25, 0.3) is 0 Å². The van der Waals surface area contributed by atoms with Crippen molar-refractivity contribution >= 4 is 22.2 Å². The van der Waals surface area contributed by atoms with Crippen molar-refractivity contribution in [2.75, 3.05) is 26.4 Å². The molecule has 1 amide bonds.